The van der Waals surface area contributed by atoms with Crippen molar-refractivity contribution >= 4 is 0 Å². The molecule has 15 heavy (non-hydrogen) atoms. The Bertz CT molecular complexity index is 352. The quantitative estimate of drug-likeness (QED) is 0.592. The molecule has 2 unspecified atom stereocenters. The van der Waals surface area contributed by atoms with Gasteiger partial charge >= 0.3 is 0 Å². The molecule has 0 nitrogen and oxygen atoms in total. The molecule has 0 amide bonds. The lowest BCUT2D eigenvalue weighted by molar-refractivity contribution is 0.568. The van der Waals surface area contributed by atoms with Crippen molar-refractivity contribution in [2.24, 2.45) is 17.8 Å². The molecule has 80 valence electrons. The largest absolute Gasteiger partial charge is 0.0837 e. The second kappa shape index (κ2) is 4.22. The molecule has 3 atom stereocenters. The summed E-state index contributed by atoms with van der Waals surface area (Å²) < 4.78 is 0. The molecule has 0 aromatic carbocycles. The van der Waals surface area contributed by atoms with E-state index in [1.807, 2.05) is 0 Å². The van der Waals surface area contributed by atoms with Crippen molar-refractivity contribution in [2.75, 3.05) is 0 Å². The zero-order valence-electron chi connectivity index (χ0n) is 9.90. The summed E-state index contributed by atoms with van der Waals surface area (Å²) in [5.41, 5.74) is 2.90. The van der Waals surface area contributed by atoms with Gasteiger partial charge in [0.05, 0.1) is 0 Å². The fraction of sp³-hybridized carbons (Fsp3) is 0.467. The van der Waals surface area contributed by atoms with Crippen LogP contribution in [0.3, 0.4) is 0 Å². The van der Waals surface area contributed by atoms with Crippen molar-refractivity contribution in [1.29, 1.82) is 0 Å². The molecule has 0 radical (unpaired) electrons. The fourth-order valence-corrected chi connectivity index (χ4v) is 2.41. The summed E-state index contributed by atoms with van der Waals surface area (Å²) >= 11 is 0. The third kappa shape index (κ3) is 2.31. The molecule has 0 saturated carbocycles. The van der Waals surface area contributed by atoms with Gasteiger partial charge in [0.15, 0.2) is 0 Å². The molecular formula is C15H20. The molecule has 0 heterocycles. The van der Waals surface area contributed by atoms with Gasteiger partial charge in [0.25, 0.3) is 0 Å². The molecule has 0 spiro atoms. The van der Waals surface area contributed by atoms with E-state index in [0.717, 1.165) is 0 Å². The zero-order chi connectivity index (χ0) is 10.8. The summed E-state index contributed by atoms with van der Waals surface area (Å²) in [4.78, 5) is 0. The van der Waals surface area contributed by atoms with Crippen LogP contribution in [0.15, 0.2) is 47.6 Å². The Morgan fingerprint density at radius 3 is 2.67 bits per heavy atom. The van der Waals surface area contributed by atoms with Crippen LogP contribution in [-0.2, 0) is 0 Å². The molecule has 0 heteroatoms. The fourth-order valence-electron chi connectivity index (χ4n) is 2.41. The van der Waals surface area contributed by atoms with Crippen LogP contribution in [0.2, 0.25) is 0 Å². The minimum atomic E-state index is 0.592. The highest BCUT2D eigenvalue weighted by Crippen LogP contribution is 2.32. The summed E-state index contributed by atoms with van der Waals surface area (Å²) in [6.07, 6.45) is 15.2. The van der Waals surface area contributed by atoms with Crippen molar-refractivity contribution in [3.63, 3.8) is 0 Å². The highest BCUT2D eigenvalue weighted by Gasteiger charge is 2.20. The Labute approximate surface area is 93.1 Å². The second-order valence-corrected chi connectivity index (χ2v) is 4.94. The molecule has 0 saturated heterocycles. The summed E-state index contributed by atoms with van der Waals surface area (Å²) in [5, 5.41) is 0. The number of hydrogen-bond acceptors (Lipinski definition) is 0. The molecule has 0 bridgehead atoms. The van der Waals surface area contributed by atoms with Gasteiger partial charge in [0.1, 0.15) is 0 Å². The third-order valence-corrected chi connectivity index (χ3v) is 3.35. The van der Waals surface area contributed by atoms with Gasteiger partial charge in [-0.15, -0.1) is 0 Å². The Kier molecular flexibility index (Phi) is 2.95. The van der Waals surface area contributed by atoms with E-state index in [-0.39, 0.29) is 0 Å². The lowest BCUT2D eigenvalue weighted by atomic mass is 9.79. The lowest BCUT2D eigenvalue weighted by Crippen LogP contribution is -2.14. The Morgan fingerprint density at radius 2 is 1.93 bits per heavy atom. The molecule has 2 aliphatic rings. The molecule has 2 aliphatic carbocycles. The van der Waals surface area contributed by atoms with Gasteiger partial charge in [-0.1, -0.05) is 55.9 Å². The maximum absolute atomic E-state index is 2.43. The Morgan fingerprint density at radius 1 is 1.13 bits per heavy atom. The Balaban J connectivity index is 2.23. The van der Waals surface area contributed by atoms with E-state index >= 15 is 0 Å². The van der Waals surface area contributed by atoms with Crippen LogP contribution < -0.4 is 0 Å². The van der Waals surface area contributed by atoms with Gasteiger partial charge in [0, 0.05) is 5.92 Å². The average Bonchev–Trinajstić information content (AvgIpc) is 2.22. The van der Waals surface area contributed by atoms with Gasteiger partial charge in [-0.25, -0.2) is 0 Å². The van der Waals surface area contributed by atoms with E-state index in [4.69, 9.17) is 0 Å². The monoisotopic (exact) mass is 200 g/mol. The van der Waals surface area contributed by atoms with Gasteiger partial charge in [-0.2, -0.15) is 0 Å². The first kappa shape index (κ1) is 10.5. The highest BCUT2D eigenvalue weighted by molar-refractivity contribution is 5.36. The summed E-state index contributed by atoms with van der Waals surface area (Å²) in [6.45, 7) is 6.79. The van der Waals surface area contributed by atoms with Crippen LogP contribution in [0, 0.1) is 17.8 Å². The maximum Gasteiger partial charge on any atom is 0.00808 e. The van der Waals surface area contributed by atoms with Crippen molar-refractivity contribution < 1.29 is 0 Å². The predicted octanol–water partition coefficient (Wildman–Crippen LogP) is 4.28. The van der Waals surface area contributed by atoms with Crippen LogP contribution in [0.25, 0.3) is 0 Å². The lowest BCUT2D eigenvalue weighted by Gasteiger charge is -2.26. The normalized spacial score (nSPS) is 35.0. The molecule has 0 N–H and O–H groups in total. The smallest absolute Gasteiger partial charge is 0.00808 e. The van der Waals surface area contributed by atoms with Crippen LogP contribution in [-0.4, -0.2) is 0 Å². The maximum atomic E-state index is 2.43. The van der Waals surface area contributed by atoms with E-state index < -0.39 is 0 Å². The van der Waals surface area contributed by atoms with Crippen LogP contribution in [0.1, 0.15) is 27.2 Å². The average molecular weight is 200 g/mol. The second-order valence-electron chi connectivity index (χ2n) is 4.94. The summed E-state index contributed by atoms with van der Waals surface area (Å²) in [6, 6.07) is 0. The minimum Gasteiger partial charge on any atom is -0.0837 e. The molecule has 0 aliphatic heterocycles. The van der Waals surface area contributed by atoms with Crippen molar-refractivity contribution in [3.05, 3.63) is 47.6 Å². The van der Waals surface area contributed by atoms with Gasteiger partial charge in [0.2, 0.25) is 0 Å². The van der Waals surface area contributed by atoms with E-state index in [0.29, 0.717) is 17.8 Å². The van der Waals surface area contributed by atoms with E-state index in [1.165, 1.54) is 17.6 Å². The van der Waals surface area contributed by atoms with Gasteiger partial charge in [-0.05, 0) is 30.8 Å². The van der Waals surface area contributed by atoms with Crippen molar-refractivity contribution in [1.82, 2.24) is 0 Å². The molecular weight excluding hydrogens is 180 g/mol. The molecule has 0 aromatic rings. The molecule has 2 rings (SSSR count). The van der Waals surface area contributed by atoms with E-state index in [9.17, 15) is 0 Å². The Hall–Kier alpha value is -1.04. The topological polar surface area (TPSA) is 0 Å². The van der Waals surface area contributed by atoms with Gasteiger partial charge < -0.3 is 0 Å². The first-order valence-electron chi connectivity index (χ1n) is 5.91. The number of hydrogen-bond donors (Lipinski definition) is 0. The zero-order valence-corrected chi connectivity index (χ0v) is 9.90. The number of allylic oxidation sites excluding steroid dienone is 8. The van der Waals surface area contributed by atoms with Gasteiger partial charge in [-0.3, -0.25) is 0 Å². The SMILES string of the molecule is CC1=CC(C2=C[C@@H](C)CC=C2)C(C)C=C1. The van der Waals surface area contributed by atoms with Crippen LogP contribution in [0.4, 0.5) is 0 Å². The minimum absolute atomic E-state index is 0.592. The molecule has 0 aromatic heterocycles. The number of rotatable bonds is 1. The van der Waals surface area contributed by atoms with E-state index in [1.54, 1.807) is 0 Å². The predicted molar refractivity (Wildman–Crippen MR) is 66.6 cm³/mol. The first-order valence-corrected chi connectivity index (χ1v) is 5.91. The summed E-state index contributed by atoms with van der Waals surface area (Å²) in [7, 11) is 0. The van der Waals surface area contributed by atoms with Crippen molar-refractivity contribution in [2.45, 2.75) is 27.2 Å². The first-order chi connectivity index (χ1) is 7.16. The third-order valence-electron chi connectivity index (χ3n) is 3.35. The molecule has 0 fully saturated rings. The van der Waals surface area contributed by atoms with Crippen molar-refractivity contribution in [3.8, 4) is 0 Å². The highest BCUT2D eigenvalue weighted by atomic mass is 14.2. The summed E-state index contributed by atoms with van der Waals surface area (Å²) in [5.74, 6) is 1.93. The van der Waals surface area contributed by atoms with E-state index in [2.05, 4.69) is 57.2 Å². The van der Waals surface area contributed by atoms with Crippen LogP contribution in [0.5, 0.6) is 0 Å². The standard InChI is InChI=1S/C15H20/c1-11-5-4-6-14(9-11)15-10-12(2)7-8-13(15)3/h4,6-11,13,15H,5H2,1-3H3/t11-,13?,15?/m0/s1. The van der Waals surface area contributed by atoms with Crippen LogP contribution >= 0.6 is 0 Å².